The van der Waals surface area contributed by atoms with Gasteiger partial charge >= 0.3 is 0 Å². The van der Waals surface area contributed by atoms with Crippen LogP contribution in [0.2, 0.25) is 0 Å². The van der Waals surface area contributed by atoms with Crippen molar-refractivity contribution in [2.24, 2.45) is 0 Å². The van der Waals surface area contributed by atoms with E-state index >= 15 is 0 Å². The van der Waals surface area contributed by atoms with Gasteiger partial charge in [-0.1, -0.05) is 0 Å². The number of carbonyl (C=O) groups is 1. The molecule has 0 saturated heterocycles. The van der Waals surface area contributed by atoms with Crippen molar-refractivity contribution >= 4 is 22.4 Å². The zero-order valence-corrected chi connectivity index (χ0v) is 9.63. The second-order valence-electron chi connectivity index (χ2n) is 4.27. The summed E-state index contributed by atoms with van der Waals surface area (Å²) in [4.78, 5) is 11.3. The fraction of sp³-hybridized carbons (Fsp3) is 0.308. The molecular formula is C13H12ClNO. The van der Waals surface area contributed by atoms with E-state index in [4.69, 9.17) is 11.6 Å². The number of carbonyl (C=O) groups excluding carboxylic acids is 1. The van der Waals surface area contributed by atoms with E-state index in [1.807, 2.05) is 12.3 Å². The van der Waals surface area contributed by atoms with Gasteiger partial charge in [-0.25, -0.2) is 0 Å². The molecule has 0 unspecified atom stereocenters. The van der Waals surface area contributed by atoms with Gasteiger partial charge in [0.2, 0.25) is 0 Å². The highest BCUT2D eigenvalue weighted by Gasteiger charge is 2.17. The standard InChI is InChI=1S/C13H12ClNO/c14-13(16)10-5-3-7-15-11-6-2-1-4-9(11)8-12(10)15/h3,5,7-8H,1-2,4,6H2. The Balaban J connectivity index is 2.33. The third-order valence-electron chi connectivity index (χ3n) is 3.33. The highest BCUT2D eigenvalue weighted by atomic mass is 35.5. The van der Waals surface area contributed by atoms with Gasteiger partial charge in [0.05, 0.1) is 11.1 Å². The minimum absolute atomic E-state index is 0.375. The summed E-state index contributed by atoms with van der Waals surface area (Å²) in [5, 5.41) is -0.375. The van der Waals surface area contributed by atoms with E-state index in [2.05, 4.69) is 10.5 Å². The monoisotopic (exact) mass is 233 g/mol. The molecule has 2 heterocycles. The summed E-state index contributed by atoms with van der Waals surface area (Å²) >= 11 is 5.59. The maximum Gasteiger partial charge on any atom is 0.254 e. The molecule has 0 spiro atoms. The summed E-state index contributed by atoms with van der Waals surface area (Å²) in [6, 6.07) is 5.79. The first-order chi connectivity index (χ1) is 7.77. The topological polar surface area (TPSA) is 21.5 Å². The van der Waals surface area contributed by atoms with E-state index in [0.29, 0.717) is 5.56 Å². The SMILES string of the molecule is O=C(Cl)c1cccn2c3c(cc12)CCCC3. The van der Waals surface area contributed by atoms with Crippen LogP contribution in [0.3, 0.4) is 0 Å². The zero-order chi connectivity index (χ0) is 11.1. The fourth-order valence-corrected chi connectivity index (χ4v) is 2.74. The molecule has 0 fully saturated rings. The Morgan fingerprint density at radius 1 is 1.31 bits per heavy atom. The Hall–Kier alpha value is -1.28. The maximum atomic E-state index is 11.3. The van der Waals surface area contributed by atoms with E-state index in [9.17, 15) is 4.79 Å². The van der Waals surface area contributed by atoms with Crippen molar-refractivity contribution in [3.05, 3.63) is 41.2 Å². The predicted octanol–water partition coefficient (Wildman–Crippen LogP) is 3.20. The Morgan fingerprint density at radius 3 is 2.94 bits per heavy atom. The van der Waals surface area contributed by atoms with E-state index in [1.165, 1.54) is 24.1 Å². The molecule has 3 rings (SSSR count). The van der Waals surface area contributed by atoms with Crippen molar-refractivity contribution in [1.29, 1.82) is 0 Å². The first kappa shape index (κ1) is 9.91. The van der Waals surface area contributed by atoms with Crippen molar-refractivity contribution < 1.29 is 4.79 Å². The predicted molar refractivity (Wildman–Crippen MR) is 64.2 cm³/mol. The summed E-state index contributed by atoms with van der Waals surface area (Å²) in [5.41, 5.74) is 4.28. The smallest absolute Gasteiger partial charge is 0.254 e. The Labute approximate surface area is 98.8 Å². The molecule has 82 valence electrons. The van der Waals surface area contributed by atoms with Crippen molar-refractivity contribution in [3.63, 3.8) is 0 Å². The number of aromatic nitrogens is 1. The average Bonchev–Trinajstić information content (AvgIpc) is 2.67. The van der Waals surface area contributed by atoms with Gasteiger partial charge in [-0.3, -0.25) is 4.79 Å². The van der Waals surface area contributed by atoms with Crippen LogP contribution in [0.15, 0.2) is 24.4 Å². The van der Waals surface area contributed by atoms with E-state index < -0.39 is 0 Å². The van der Waals surface area contributed by atoms with Gasteiger partial charge in [-0.15, -0.1) is 0 Å². The summed E-state index contributed by atoms with van der Waals surface area (Å²) in [6.45, 7) is 0. The number of nitrogens with zero attached hydrogens (tertiary/aromatic N) is 1. The highest BCUT2D eigenvalue weighted by molar-refractivity contribution is 6.68. The summed E-state index contributed by atoms with van der Waals surface area (Å²) in [5.74, 6) is 0. The van der Waals surface area contributed by atoms with Gasteiger partial charge in [0.25, 0.3) is 5.24 Å². The van der Waals surface area contributed by atoms with Crippen molar-refractivity contribution in [3.8, 4) is 0 Å². The molecular weight excluding hydrogens is 222 g/mol. The van der Waals surface area contributed by atoms with Crippen LogP contribution in [-0.4, -0.2) is 9.64 Å². The maximum absolute atomic E-state index is 11.3. The number of halogens is 1. The molecule has 1 aliphatic rings. The van der Waals surface area contributed by atoms with E-state index in [0.717, 1.165) is 18.4 Å². The minimum atomic E-state index is -0.375. The Bertz CT molecular complexity index is 571. The normalized spacial score (nSPS) is 15.1. The summed E-state index contributed by atoms with van der Waals surface area (Å²) in [7, 11) is 0. The van der Waals surface area contributed by atoms with Crippen LogP contribution in [0.4, 0.5) is 0 Å². The molecule has 1 aliphatic carbocycles. The third-order valence-corrected chi connectivity index (χ3v) is 3.53. The number of pyridine rings is 1. The molecule has 2 nitrogen and oxygen atoms in total. The summed E-state index contributed by atoms with van der Waals surface area (Å²) < 4.78 is 2.12. The molecule has 0 radical (unpaired) electrons. The van der Waals surface area contributed by atoms with Gasteiger partial charge < -0.3 is 4.40 Å². The Kier molecular flexibility index (Phi) is 2.25. The van der Waals surface area contributed by atoms with Crippen molar-refractivity contribution in [2.45, 2.75) is 25.7 Å². The number of hydrogen-bond donors (Lipinski definition) is 0. The highest BCUT2D eigenvalue weighted by Crippen LogP contribution is 2.27. The van der Waals surface area contributed by atoms with E-state index in [1.54, 1.807) is 6.07 Å². The van der Waals surface area contributed by atoms with Crippen LogP contribution in [0, 0.1) is 0 Å². The van der Waals surface area contributed by atoms with Crippen LogP contribution in [0.5, 0.6) is 0 Å². The van der Waals surface area contributed by atoms with Crippen molar-refractivity contribution in [2.75, 3.05) is 0 Å². The fourth-order valence-electron chi connectivity index (χ4n) is 2.58. The van der Waals surface area contributed by atoms with Crippen LogP contribution in [-0.2, 0) is 12.8 Å². The third kappa shape index (κ3) is 1.37. The molecule has 16 heavy (non-hydrogen) atoms. The lowest BCUT2D eigenvalue weighted by Gasteiger charge is -2.11. The number of aryl methyl sites for hydroxylation is 2. The second kappa shape index (κ2) is 3.63. The molecule has 0 amide bonds. The molecule has 2 aromatic heterocycles. The van der Waals surface area contributed by atoms with Crippen LogP contribution >= 0.6 is 11.6 Å². The first-order valence-electron chi connectivity index (χ1n) is 5.59. The lowest BCUT2D eigenvalue weighted by Crippen LogP contribution is -2.03. The number of fused-ring (bicyclic) bond motifs is 3. The minimum Gasteiger partial charge on any atom is -0.320 e. The van der Waals surface area contributed by atoms with Crippen LogP contribution in [0.1, 0.15) is 34.5 Å². The summed E-state index contributed by atoms with van der Waals surface area (Å²) in [6.07, 6.45) is 6.71. The molecule has 3 heteroatoms. The molecule has 0 saturated carbocycles. The first-order valence-corrected chi connectivity index (χ1v) is 5.97. The van der Waals surface area contributed by atoms with Crippen LogP contribution in [0.25, 0.3) is 5.52 Å². The average molecular weight is 234 g/mol. The number of rotatable bonds is 1. The lowest BCUT2D eigenvalue weighted by atomic mass is 9.98. The number of hydrogen-bond acceptors (Lipinski definition) is 1. The van der Waals surface area contributed by atoms with Gasteiger partial charge in [-0.05, 0) is 61.0 Å². The quantitative estimate of drug-likeness (QED) is 0.694. The largest absolute Gasteiger partial charge is 0.320 e. The second-order valence-corrected chi connectivity index (χ2v) is 4.62. The lowest BCUT2D eigenvalue weighted by molar-refractivity contribution is 0.108. The van der Waals surface area contributed by atoms with Crippen molar-refractivity contribution in [1.82, 2.24) is 4.40 Å². The van der Waals surface area contributed by atoms with E-state index in [-0.39, 0.29) is 5.24 Å². The Morgan fingerprint density at radius 2 is 2.12 bits per heavy atom. The van der Waals surface area contributed by atoms with Crippen LogP contribution < -0.4 is 0 Å². The van der Waals surface area contributed by atoms with Gasteiger partial charge in [0.1, 0.15) is 0 Å². The molecule has 0 bridgehead atoms. The molecule has 0 aliphatic heterocycles. The molecule has 0 atom stereocenters. The van der Waals surface area contributed by atoms with Gasteiger partial charge in [-0.2, -0.15) is 0 Å². The van der Waals surface area contributed by atoms with Gasteiger partial charge in [0.15, 0.2) is 0 Å². The molecule has 2 aromatic rings. The zero-order valence-electron chi connectivity index (χ0n) is 8.87. The van der Waals surface area contributed by atoms with Gasteiger partial charge in [0, 0.05) is 11.9 Å². The molecule has 0 N–H and O–H groups in total. The molecule has 0 aromatic carbocycles.